The monoisotopic (exact) mass is 702 g/mol. The Labute approximate surface area is 302 Å². The molecule has 2 atom stereocenters. The number of likely N-dealkylation sites (tertiary alicyclic amines) is 1. The summed E-state index contributed by atoms with van der Waals surface area (Å²) in [7, 11) is 1.82. The summed E-state index contributed by atoms with van der Waals surface area (Å²) in [4.78, 5) is 39.0. The fraction of sp³-hybridized carbons (Fsp3) is 0.233. The van der Waals surface area contributed by atoms with Gasteiger partial charge in [0.15, 0.2) is 0 Å². The molecule has 0 aliphatic carbocycles. The minimum atomic E-state index is -4.46. The summed E-state index contributed by atoms with van der Waals surface area (Å²) >= 11 is 0. The lowest BCUT2D eigenvalue weighted by molar-refractivity contribution is -0.144. The molecule has 2 heterocycles. The van der Waals surface area contributed by atoms with Crippen molar-refractivity contribution in [1.82, 2.24) is 19.7 Å². The van der Waals surface area contributed by atoms with E-state index in [0.717, 1.165) is 54.0 Å². The second kappa shape index (κ2) is 16.7. The van der Waals surface area contributed by atoms with Gasteiger partial charge in [-0.25, -0.2) is 0 Å². The number of carbonyl (C=O) groups is 2. The fourth-order valence-corrected chi connectivity index (χ4v) is 6.60. The van der Waals surface area contributed by atoms with E-state index in [-0.39, 0.29) is 24.9 Å². The fourth-order valence-electron chi connectivity index (χ4n) is 6.60. The first-order chi connectivity index (χ1) is 25.1. The van der Waals surface area contributed by atoms with Gasteiger partial charge in [-0.2, -0.15) is 13.2 Å². The van der Waals surface area contributed by atoms with Crippen LogP contribution in [0, 0.1) is 0 Å². The minimum Gasteiger partial charge on any atom is -0.340 e. The Morgan fingerprint density at radius 3 is 2.12 bits per heavy atom. The number of pyridine rings is 1. The van der Waals surface area contributed by atoms with E-state index in [4.69, 9.17) is 0 Å². The zero-order valence-electron chi connectivity index (χ0n) is 29.0. The summed E-state index contributed by atoms with van der Waals surface area (Å²) in [6, 6.07) is 37.0. The molecule has 1 aliphatic rings. The third-order valence-corrected chi connectivity index (χ3v) is 9.53. The van der Waals surface area contributed by atoms with Crippen molar-refractivity contribution in [3.8, 4) is 11.3 Å². The van der Waals surface area contributed by atoms with Crippen molar-refractivity contribution >= 4 is 17.9 Å². The molecule has 1 aromatic heterocycles. The van der Waals surface area contributed by atoms with E-state index in [1.54, 1.807) is 16.0 Å². The van der Waals surface area contributed by atoms with Gasteiger partial charge in [-0.05, 0) is 59.0 Å². The van der Waals surface area contributed by atoms with Gasteiger partial charge >= 0.3 is 6.18 Å². The Morgan fingerprint density at radius 1 is 0.827 bits per heavy atom. The Hall–Kier alpha value is -5.54. The number of amides is 2. The molecule has 266 valence electrons. The van der Waals surface area contributed by atoms with E-state index in [1.165, 1.54) is 29.8 Å². The summed E-state index contributed by atoms with van der Waals surface area (Å²) in [6.45, 7) is 2.49. The van der Waals surface area contributed by atoms with Crippen molar-refractivity contribution in [2.75, 3.05) is 20.1 Å². The van der Waals surface area contributed by atoms with E-state index < -0.39 is 23.7 Å². The van der Waals surface area contributed by atoms with Crippen LogP contribution in [-0.4, -0.2) is 63.7 Å². The first kappa shape index (κ1) is 36.3. The van der Waals surface area contributed by atoms with Gasteiger partial charge in [0.1, 0.15) is 6.04 Å². The summed E-state index contributed by atoms with van der Waals surface area (Å²) in [5, 5.41) is 0. The second-order valence-corrected chi connectivity index (χ2v) is 13.1. The Bertz CT molecular complexity index is 1930. The number of halogens is 3. The number of benzene rings is 4. The smallest absolute Gasteiger partial charge is 0.340 e. The zero-order valence-corrected chi connectivity index (χ0v) is 29.0. The van der Waals surface area contributed by atoms with Crippen LogP contribution in [0.1, 0.15) is 34.2 Å². The number of hydrogen-bond acceptors (Lipinski definition) is 4. The molecule has 0 N–H and O–H groups in total. The standard InChI is InChI=1S/C43H41F3N4O2/c1-48(38-25-27-49(31-38)29-34-12-6-3-7-13-34)42(52)40(28-33-10-4-2-5-11-33)50(30-35-15-20-36(21-16-35)39-14-8-9-26-47-39)41(51)24-19-32-17-22-37(23-18-32)43(44,45)46/h2-24,26,38,40H,25,27-31H2,1H3. The largest absolute Gasteiger partial charge is 0.416 e. The lowest BCUT2D eigenvalue weighted by Crippen LogP contribution is -2.53. The van der Waals surface area contributed by atoms with Crippen LogP contribution in [0.4, 0.5) is 13.2 Å². The van der Waals surface area contributed by atoms with Crippen molar-refractivity contribution in [3.05, 3.63) is 167 Å². The lowest BCUT2D eigenvalue weighted by Gasteiger charge is -2.35. The van der Waals surface area contributed by atoms with Crippen molar-refractivity contribution in [2.24, 2.45) is 0 Å². The molecule has 2 unspecified atom stereocenters. The zero-order chi connectivity index (χ0) is 36.5. The molecular weight excluding hydrogens is 661 g/mol. The number of carbonyl (C=O) groups excluding carboxylic acids is 2. The molecule has 2 amide bonds. The SMILES string of the molecule is CN(C(=O)C(Cc1ccccc1)N(Cc1ccc(-c2ccccn2)cc1)C(=O)C=Cc1ccc(C(F)(F)F)cc1)C1CCN(Cc2ccccc2)C1. The Morgan fingerprint density at radius 2 is 1.48 bits per heavy atom. The van der Waals surface area contributed by atoms with Crippen LogP contribution < -0.4 is 0 Å². The molecule has 6 rings (SSSR count). The number of alkyl halides is 3. The van der Waals surface area contributed by atoms with Gasteiger partial charge in [-0.15, -0.1) is 0 Å². The molecule has 52 heavy (non-hydrogen) atoms. The Balaban J connectivity index is 1.29. The third kappa shape index (κ3) is 9.41. The summed E-state index contributed by atoms with van der Waals surface area (Å²) in [5.74, 6) is -0.592. The Kier molecular flexibility index (Phi) is 11.6. The van der Waals surface area contributed by atoms with Crippen LogP contribution in [0.5, 0.6) is 0 Å². The van der Waals surface area contributed by atoms with Crippen LogP contribution >= 0.6 is 0 Å². The van der Waals surface area contributed by atoms with Gasteiger partial charge in [0.05, 0.1) is 11.3 Å². The highest BCUT2D eigenvalue weighted by Crippen LogP contribution is 2.29. The highest BCUT2D eigenvalue weighted by atomic mass is 19.4. The number of hydrogen-bond donors (Lipinski definition) is 0. The third-order valence-electron chi connectivity index (χ3n) is 9.53. The van der Waals surface area contributed by atoms with Gasteiger partial charge in [0, 0.05) is 63.5 Å². The number of rotatable bonds is 12. The highest BCUT2D eigenvalue weighted by Gasteiger charge is 2.36. The second-order valence-electron chi connectivity index (χ2n) is 13.1. The maximum absolute atomic E-state index is 14.7. The molecule has 1 aliphatic heterocycles. The molecule has 5 aromatic rings. The first-order valence-electron chi connectivity index (χ1n) is 17.4. The van der Waals surface area contributed by atoms with Crippen molar-refractivity contribution in [1.29, 1.82) is 0 Å². The van der Waals surface area contributed by atoms with Gasteiger partial charge in [0.25, 0.3) is 0 Å². The maximum Gasteiger partial charge on any atom is 0.416 e. The maximum atomic E-state index is 14.7. The topological polar surface area (TPSA) is 56.8 Å². The van der Waals surface area contributed by atoms with E-state index in [1.807, 2.05) is 98.0 Å². The number of aromatic nitrogens is 1. The van der Waals surface area contributed by atoms with E-state index in [9.17, 15) is 22.8 Å². The highest BCUT2D eigenvalue weighted by molar-refractivity contribution is 5.95. The summed E-state index contributed by atoms with van der Waals surface area (Å²) in [6.07, 6.45) is 1.20. The van der Waals surface area contributed by atoms with Crippen molar-refractivity contribution < 1.29 is 22.8 Å². The molecule has 0 saturated carbocycles. The number of nitrogens with zero attached hydrogens (tertiary/aromatic N) is 4. The molecule has 0 bridgehead atoms. The van der Waals surface area contributed by atoms with Crippen LogP contribution in [0.3, 0.4) is 0 Å². The molecule has 9 heteroatoms. The summed E-state index contributed by atoms with van der Waals surface area (Å²) in [5.41, 5.74) is 4.34. The van der Waals surface area contributed by atoms with Gasteiger partial charge in [-0.1, -0.05) is 103 Å². The van der Waals surface area contributed by atoms with Crippen LogP contribution in [0.25, 0.3) is 17.3 Å². The number of likely N-dealkylation sites (N-methyl/N-ethyl adjacent to an activating group) is 1. The molecule has 1 fully saturated rings. The van der Waals surface area contributed by atoms with Gasteiger partial charge in [0.2, 0.25) is 11.8 Å². The minimum absolute atomic E-state index is 0.0354. The molecule has 0 radical (unpaired) electrons. The molecule has 6 nitrogen and oxygen atoms in total. The van der Waals surface area contributed by atoms with Crippen molar-refractivity contribution in [3.63, 3.8) is 0 Å². The first-order valence-corrected chi connectivity index (χ1v) is 17.4. The predicted octanol–water partition coefficient (Wildman–Crippen LogP) is 8.15. The van der Waals surface area contributed by atoms with Crippen molar-refractivity contribution in [2.45, 2.75) is 44.2 Å². The molecule has 1 saturated heterocycles. The van der Waals surface area contributed by atoms with Gasteiger partial charge < -0.3 is 9.80 Å². The molecule has 0 spiro atoms. The average Bonchev–Trinajstić information content (AvgIpc) is 3.64. The van der Waals surface area contributed by atoms with E-state index >= 15 is 0 Å². The normalized spacial score (nSPS) is 15.4. The average molecular weight is 703 g/mol. The predicted molar refractivity (Wildman–Crippen MR) is 198 cm³/mol. The molecular formula is C43H41F3N4O2. The van der Waals surface area contributed by atoms with E-state index in [0.29, 0.717) is 12.1 Å². The van der Waals surface area contributed by atoms with Crippen LogP contribution in [-0.2, 0) is 35.3 Å². The van der Waals surface area contributed by atoms with Crippen LogP contribution in [0.2, 0.25) is 0 Å². The van der Waals surface area contributed by atoms with Gasteiger partial charge in [-0.3, -0.25) is 19.5 Å². The van der Waals surface area contributed by atoms with Crippen LogP contribution in [0.15, 0.2) is 140 Å². The lowest BCUT2D eigenvalue weighted by atomic mass is 10.0. The quantitative estimate of drug-likeness (QED) is 0.123. The van der Waals surface area contributed by atoms with E-state index in [2.05, 4.69) is 22.0 Å². The molecule has 4 aromatic carbocycles. The summed E-state index contributed by atoms with van der Waals surface area (Å²) < 4.78 is 39.6.